The number of hydrogen-bond acceptors (Lipinski definition) is 2. The molecule has 0 unspecified atom stereocenters. The lowest BCUT2D eigenvalue weighted by Gasteiger charge is -2.08. The Hall–Kier alpha value is -1.45. The highest BCUT2D eigenvalue weighted by molar-refractivity contribution is 6.30. The highest BCUT2D eigenvalue weighted by Gasteiger charge is 2.05. The molecule has 0 atom stereocenters. The molecule has 0 saturated heterocycles. The van der Waals surface area contributed by atoms with Gasteiger partial charge in [0.15, 0.2) is 0 Å². The molecule has 0 aliphatic heterocycles. The maximum absolute atomic E-state index is 13.6. The van der Waals surface area contributed by atoms with E-state index in [9.17, 15) is 4.39 Å². The van der Waals surface area contributed by atoms with E-state index in [2.05, 4.69) is 10.3 Å². The fourth-order valence-electron chi connectivity index (χ4n) is 1.70. The van der Waals surface area contributed by atoms with Crippen LogP contribution in [0.25, 0.3) is 0 Å². The molecule has 0 aliphatic rings. The van der Waals surface area contributed by atoms with Crippen LogP contribution in [0.1, 0.15) is 16.7 Å². The molecule has 0 spiro atoms. The number of aryl methyl sites for hydroxylation is 1. The van der Waals surface area contributed by atoms with Crippen molar-refractivity contribution in [3.05, 3.63) is 64.2 Å². The Morgan fingerprint density at radius 1 is 1.22 bits per heavy atom. The SMILES string of the molecule is Cc1ccncc1CNCc1cccc(Cl)c1F. The van der Waals surface area contributed by atoms with E-state index >= 15 is 0 Å². The Kier molecular flexibility index (Phi) is 4.28. The second kappa shape index (κ2) is 5.94. The number of rotatable bonds is 4. The van der Waals surface area contributed by atoms with Crippen molar-refractivity contribution in [3.8, 4) is 0 Å². The van der Waals surface area contributed by atoms with E-state index < -0.39 is 0 Å². The summed E-state index contributed by atoms with van der Waals surface area (Å²) in [7, 11) is 0. The van der Waals surface area contributed by atoms with Crippen LogP contribution in [-0.2, 0) is 13.1 Å². The molecule has 0 saturated carbocycles. The first-order valence-corrected chi connectivity index (χ1v) is 6.09. The van der Waals surface area contributed by atoms with Crippen molar-refractivity contribution in [3.63, 3.8) is 0 Å². The van der Waals surface area contributed by atoms with Crippen LogP contribution in [-0.4, -0.2) is 4.98 Å². The third-order valence-corrected chi connectivity index (χ3v) is 3.10. The molecule has 0 aliphatic carbocycles. The standard InChI is InChI=1S/C14H14ClFN2/c1-10-5-6-17-8-12(10)9-18-7-11-3-2-4-13(15)14(11)16/h2-6,8,18H,7,9H2,1H3. The fraction of sp³-hybridized carbons (Fsp3) is 0.214. The summed E-state index contributed by atoms with van der Waals surface area (Å²) in [6.45, 7) is 3.13. The zero-order chi connectivity index (χ0) is 13.0. The van der Waals surface area contributed by atoms with Crippen molar-refractivity contribution in [1.29, 1.82) is 0 Å². The maximum atomic E-state index is 13.6. The van der Waals surface area contributed by atoms with Crippen LogP contribution in [0, 0.1) is 12.7 Å². The van der Waals surface area contributed by atoms with Crippen LogP contribution in [0.15, 0.2) is 36.7 Å². The first-order chi connectivity index (χ1) is 8.68. The smallest absolute Gasteiger partial charge is 0.146 e. The number of pyridine rings is 1. The summed E-state index contributed by atoms with van der Waals surface area (Å²) in [6.07, 6.45) is 3.58. The average Bonchev–Trinajstić information content (AvgIpc) is 2.37. The molecule has 1 aromatic carbocycles. The van der Waals surface area contributed by atoms with Crippen molar-refractivity contribution in [2.75, 3.05) is 0 Å². The summed E-state index contributed by atoms with van der Waals surface area (Å²) in [5.74, 6) is -0.352. The van der Waals surface area contributed by atoms with Gasteiger partial charge in [-0.15, -0.1) is 0 Å². The topological polar surface area (TPSA) is 24.9 Å². The lowest BCUT2D eigenvalue weighted by molar-refractivity contribution is 0.587. The quantitative estimate of drug-likeness (QED) is 0.915. The Morgan fingerprint density at radius 3 is 2.78 bits per heavy atom. The van der Waals surface area contributed by atoms with Crippen molar-refractivity contribution in [2.24, 2.45) is 0 Å². The number of nitrogens with one attached hydrogen (secondary N) is 1. The number of halogens is 2. The average molecular weight is 265 g/mol. The van der Waals surface area contributed by atoms with E-state index in [1.54, 1.807) is 24.4 Å². The minimum atomic E-state index is -0.352. The summed E-state index contributed by atoms with van der Waals surface area (Å²) >= 11 is 5.72. The molecule has 2 nitrogen and oxygen atoms in total. The van der Waals surface area contributed by atoms with Gasteiger partial charge in [-0.1, -0.05) is 23.7 Å². The Labute approximate surface area is 111 Å². The molecule has 0 bridgehead atoms. The molecule has 4 heteroatoms. The number of hydrogen-bond donors (Lipinski definition) is 1. The molecule has 0 radical (unpaired) electrons. The van der Waals surface area contributed by atoms with Gasteiger partial charge >= 0.3 is 0 Å². The lowest BCUT2D eigenvalue weighted by atomic mass is 10.1. The van der Waals surface area contributed by atoms with Crippen molar-refractivity contribution < 1.29 is 4.39 Å². The van der Waals surface area contributed by atoms with Gasteiger partial charge in [0.25, 0.3) is 0 Å². The maximum Gasteiger partial charge on any atom is 0.146 e. The van der Waals surface area contributed by atoms with Gasteiger partial charge in [-0.3, -0.25) is 4.98 Å². The molecule has 2 rings (SSSR count). The van der Waals surface area contributed by atoms with Gasteiger partial charge in [0.2, 0.25) is 0 Å². The molecule has 18 heavy (non-hydrogen) atoms. The Balaban J connectivity index is 1.97. The monoisotopic (exact) mass is 264 g/mol. The molecule has 94 valence electrons. The lowest BCUT2D eigenvalue weighted by Crippen LogP contribution is -2.14. The second-order valence-corrected chi connectivity index (χ2v) is 4.53. The van der Waals surface area contributed by atoms with Crippen molar-refractivity contribution in [2.45, 2.75) is 20.0 Å². The van der Waals surface area contributed by atoms with Gasteiger partial charge in [0, 0.05) is 31.0 Å². The van der Waals surface area contributed by atoms with Crippen LogP contribution in [0.2, 0.25) is 5.02 Å². The summed E-state index contributed by atoms with van der Waals surface area (Å²) in [4.78, 5) is 4.07. The van der Waals surface area contributed by atoms with Crippen molar-refractivity contribution >= 4 is 11.6 Å². The zero-order valence-corrected chi connectivity index (χ0v) is 10.8. The highest BCUT2D eigenvalue weighted by Crippen LogP contribution is 2.17. The van der Waals surface area contributed by atoms with E-state index in [-0.39, 0.29) is 10.8 Å². The predicted octanol–water partition coefficient (Wildman–Crippen LogP) is 3.47. The minimum absolute atomic E-state index is 0.159. The molecule has 1 aromatic heterocycles. The number of aromatic nitrogens is 1. The normalized spacial score (nSPS) is 10.6. The number of nitrogens with zero attached hydrogens (tertiary/aromatic N) is 1. The first-order valence-electron chi connectivity index (χ1n) is 5.71. The van der Waals surface area contributed by atoms with Gasteiger partial charge in [0.1, 0.15) is 5.82 Å². The van der Waals surface area contributed by atoms with Gasteiger partial charge < -0.3 is 5.32 Å². The Morgan fingerprint density at radius 2 is 2.00 bits per heavy atom. The predicted molar refractivity (Wildman–Crippen MR) is 70.9 cm³/mol. The van der Waals surface area contributed by atoms with E-state index in [0.29, 0.717) is 18.7 Å². The highest BCUT2D eigenvalue weighted by atomic mass is 35.5. The molecule has 1 heterocycles. The first kappa shape index (κ1) is 13.0. The number of benzene rings is 1. The third kappa shape index (κ3) is 3.06. The summed E-state index contributed by atoms with van der Waals surface area (Å²) in [5.41, 5.74) is 2.85. The molecular formula is C14H14ClFN2. The molecule has 2 aromatic rings. The zero-order valence-electron chi connectivity index (χ0n) is 10.1. The van der Waals surface area contributed by atoms with E-state index in [4.69, 9.17) is 11.6 Å². The minimum Gasteiger partial charge on any atom is -0.308 e. The van der Waals surface area contributed by atoms with Crippen molar-refractivity contribution in [1.82, 2.24) is 10.3 Å². The van der Waals surface area contributed by atoms with Crippen LogP contribution in [0.5, 0.6) is 0 Å². The fourth-order valence-corrected chi connectivity index (χ4v) is 1.89. The molecule has 0 fully saturated rings. The third-order valence-electron chi connectivity index (χ3n) is 2.81. The molecule has 0 amide bonds. The van der Waals surface area contributed by atoms with E-state index in [1.807, 2.05) is 19.2 Å². The van der Waals surface area contributed by atoms with Gasteiger partial charge in [-0.25, -0.2) is 4.39 Å². The largest absolute Gasteiger partial charge is 0.308 e. The van der Waals surface area contributed by atoms with Crippen LogP contribution < -0.4 is 5.32 Å². The summed E-state index contributed by atoms with van der Waals surface area (Å²) in [5, 5.41) is 3.35. The second-order valence-electron chi connectivity index (χ2n) is 4.12. The molecular weight excluding hydrogens is 251 g/mol. The van der Waals surface area contributed by atoms with Crippen LogP contribution >= 0.6 is 11.6 Å². The van der Waals surface area contributed by atoms with Gasteiger partial charge in [-0.2, -0.15) is 0 Å². The van der Waals surface area contributed by atoms with E-state index in [0.717, 1.165) is 5.56 Å². The summed E-state index contributed by atoms with van der Waals surface area (Å²) < 4.78 is 13.6. The van der Waals surface area contributed by atoms with Crippen LogP contribution in [0.3, 0.4) is 0 Å². The molecule has 1 N–H and O–H groups in total. The van der Waals surface area contributed by atoms with Crippen LogP contribution in [0.4, 0.5) is 4.39 Å². The van der Waals surface area contributed by atoms with Gasteiger partial charge in [-0.05, 0) is 30.2 Å². The van der Waals surface area contributed by atoms with Gasteiger partial charge in [0.05, 0.1) is 5.02 Å². The summed E-state index contributed by atoms with van der Waals surface area (Å²) in [6, 6.07) is 6.98. The van der Waals surface area contributed by atoms with E-state index in [1.165, 1.54) is 5.56 Å². The Bertz CT molecular complexity index is 543.